The van der Waals surface area contributed by atoms with Crippen molar-refractivity contribution in [3.8, 4) is 5.69 Å². The first kappa shape index (κ1) is 20.6. The zero-order valence-electron chi connectivity index (χ0n) is 13.8. The van der Waals surface area contributed by atoms with Gasteiger partial charge in [-0.2, -0.15) is 9.37 Å². The summed E-state index contributed by atoms with van der Waals surface area (Å²) in [5.41, 5.74) is -2.66. The van der Waals surface area contributed by atoms with Gasteiger partial charge in [0.25, 0.3) is 5.56 Å². The van der Waals surface area contributed by atoms with Crippen molar-refractivity contribution in [3.63, 3.8) is 0 Å². The van der Waals surface area contributed by atoms with Gasteiger partial charge in [0.2, 0.25) is 18.7 Å². The third-order valence-corrected chi connectivity index (χ3v) is 4.36. The standard InChI is InChI=1S/C14H9BrF2N4O3.CH2F2/c1-6-3-9(8(16)4-7(6)15)20-11(22)5-10(17)21-12(20)18-13(23)19(2)14(21)24;2-1-3/h3-5H,1-2H3;1H2. The van der Waals surface area contributed by atoms with Crippen LogP contribution in [0.15, 0.2) is 37.1 Å². The van der Waals surface area contributed by atoms with Gasteiger partial charge >= 0.3 is 11.4 Å². The summed E-state index contributed by atoms with van der Waals surface area (Å²) in [5.74, 6) is -2.61. The number of nitrogens with zero attached hydrogens (tertiary/aromatic N) is 4. The molecule has 0 N–H and O–H groups in total. The number of benzene rings is 1. The molecular weight excluding hydrogens is 440 g/mol. The van der Waals surface area contributed by atoms with Gasteiger partial charge in [-0.1, -0.05) is 15.9 Å². The highest BCUT2D eigenvalue weighted by Crippen LogP contribution is 2.23. The van der Waals surface area contributed by atoms with Gasteiger partial charge in [-0.3, -0.25) is 4.79 Å². The largest absolute Gasteiger partial charge is 0.354 e. The van der Waals surface area contributed by atoms with Crippen molar-refractivity contribution in [2.24, 2.45) is 7.05 Å². The maximum Gasteiger partial charge on any atom is 0.354 e. The Hall–Kier alpha value is -2.76. The van der Waals surface area contributed by atoms with Crippen molar-refractivity contribution in [1.29, 1.82) is 0 Å². The minimum atomic E-state index is -1.75. The van der Waals surface area contributed by atoms with Crippen molar-refractivity contribution in [1.82, 2.24) is 18.5 Å². The van der Waals surface area contributed by atoms with Crippen molar-refractivity contribution in [3.05, 3.63) is 71.3 Å². The molecule has 0 aliphatic rings. The molecule has 0 aliphatic carbocycles. The molecular formula is C15H11BrF4N4O3. The molecule has 0 saturated carbocycles. The normalized spacial score (nSPS) is 10.6. The summed E-state index contributed by atoms with van der Waals surface area (Å²) >= 11 is 3.15. The number of aryl methyl sites for hydroxylation is 1. The monoisotopic (exact) mass is 450 g/mol. The number of hydrogen-bond donors (Lipinski definition) is 0. The number of hydrogen-bond acceptors (Lipinski definition) is 4. The van der Waals surface area contributed by atoms with Gasteiger partial charge in [0.1, 0.15) is 5.82 Å². The molecule has 1 aromatic carbocycles. The van der Waals surface area contributed by atoms with Crippen LogP contribution in [0.5, 0.6) is 0 Å². The summed E-state index contributed by atoms with van der Waals surface area (Å²) in [6.45, 7) is -0.0948. The molecule has 0 amide bonds. The summed E-state index contributed by atoms with van der Waals surface area (Å²) in [5, 5.41) is 0. The first-order valence-electron chi connectivity index (χ1n) is 7.13. The fourth-order valence-corrected chi connectivity index (χ4v) is 2.55. The Balaban J connectivity index is 0.000000817. The maximum absolute atomic E-state index is 14.3. The van der Waals surface area contributed by atoms with Crippen LogP contribution in [0.1, 0.15) is 5.56 Å². The Morgan fingerprint density at radius 1 is 1.11 bits per heavy atom. The lowest BCUT2D eigenvalue weighted by atomic mass is 10.2. The second-order valence-corrected chi connectivity index (χ2v) is 6.02. The zero-order valence-corrected chi connectivity index (χ0v) is 15.4. The molecule has 0 spiro atoms. The van der Waals surface area contributed by atoms with E-state index >= 15 is 0 Å². The minimum Gasteiger partial charge on any atom is -0.269 e. The quantitative estimate of drug-likeness (QED) is 0.418. The summed E-state index contributed by atoms with van der Waals surface area (Å²) in [6, 6.07) is 2.97. The molecule has 3 rings (SSSR count). The van der Waals surface area contributed by atoms with Crippen LogP contribution in [0, 0.1) is 18.7 Å². The second-order valence-electron chi connectivity index (χ2n) is 5.17. The van der Waals surface area contributed by atoms with E-state index in [0.717, 1.165) is 13.1 Å². The van der Waals surface area contributed by atoms with Crippen LogP contribution in [-0.4, -0.2) is 25.4 Å². The highest BCUT2D eigenvalue weighted by atomic mass is 79.9. The molecule has 0 atom stereocenters. The smallest absolute Gasteiger partial charge is 0.269 e. The van der Waals surface area contributed by atoms with Crippen molar-refractivity contribution >= 4 is 21.7 Å². The molecule has 12 heteroatoms. The molecule has 2 heterocycles. The third kappa shape index (κ3) is 3.70. The van der Waals surface area contributed by atoms with E-state index in [0.29, 0.717) is 29.6 Å². The molecule has 0 aliphatic heterocycles. The lowest BCUT2D eigenvalue weighted by Gasteiger charge is -2.13. The van der Waals surface area contributed by atoms with Gasteiger partial charge in [-0.25, -0.2) is 36.3 Å². The highest BCUT2D eigenvalue weighted by molar-refractivity contribution is 9.10. The zero-order chi connectivity index (χ0) is 20.5. The van der Waals surface area contributed by atoms with Crippen molar-refractivity contribution in [2.45, 2.75) is 6.92 Å². The van der Waals surface area contributed by atoms with Gasteiger partial charge in [0.05, 0.1) is 11.8 Å². The molecule has 0 unspecified atom stereocenters. The van der Waals surface area contributed by atoms with E-state index in [4.69, 9.17) is 0 Å². The number of fused-ring (bicyclic) bond motifs is 1. The van der Waals surface area contributed by atoms with Crippen LogP contribution in [0.2, 0.25) is 0 Å². The van der Waals surface area contributed by atoms with Crippen LogP contribution >= 0.6 is 15.9 Å². The van der Waals surface area contributed by atoms with Gasteiger partial charge in [0.15, 0.2) is 0 Å². The SMILES string of the molecule is Cc1cc(-n2c(=O)cc(F)n3c(=O)n(C)c(=O)nc23)c(F)cc1Br.FCF. The molecule has 0 fully saturated rings. The second kappa shape index (κ2) is 7.86. The lowest BCUT2D eigenvalue weighted by molar-refractivity contribution is 0.295. The summed E-state index contributed by atoms with van der Waals surface area (Å²) in [4.78, 5) is 39.6. The number of aromatic nitrogens is 4. The van der Waals surface area contributed by atoms with E-state index < -0.39 is 41.4 Å². The average molecular weight is 451 g/mol. The summed E-state index contributed by atoms with van der Waals surface area (Å²) < 4.78 is 49.8. The minimum absolute atomic E-state index is 0.252. The Morgan fingerprint density at radius 2 is 1.70 bits per heavy atom. The van der Waals surface area contributed by atoms with E-state index in [2.05, 4.69) is 20.9 Å². The van der Waals surface area contributed by atoms with Gasteiger partial charge < -0.3 is 0 Å². The highest BCUT2D eigenvalue weighted by Gasteiger charge is 2.18. The predicted octanol–water partition coefficient (Wildman–Crippen LogP) is 1.78. The first-order valence-corrected chi connectivity index (χ1v) is 7.92. The molecule has 7 nitrogen and oxygen atoms in total. The molecule has 0 bridgehead atoms. The van der Waals surface area contributed by atoms with Crippen LogP contribution < -0.4 is 16.9 Å². The fraction of sp³-hybridized carbons (Fsp3) is 0.200. The van der Waals surface area contributed by atoms with Crippen LogP contribution in [-0.2, 0) is 7.05 Å². The van der Waals surface area contributed by atoms with Gasteiger partial charge in [-0.15, -0.1) is 0 Å². The Bertz CT molecular complexity index is 1200. The lowest BCUT2D eigenvalue weighted by Crippen LogP contribution is -2.41. The predicted molar refractivity (Wildman–Crippen MR) is 91.7 cm³/mol. The number of alkyl halides is 2. The third-order valence-electron chi connectivity index (χ3n) is 3.51. The Kier molecular flexibility index (Phi) is 5.98. The molecule has 27 heavy (non-hydrogen) atoms. The van der Waals surface area contributed by atoms with Crippen molar-refractivity contribution < 1.29 is 17.6 Å². The number of halogens is 5. The molecule has 3 aromatic rings. The molecule has 0 radical (unpaired) electrons. The summed E-state index contributed by atoms with van der Waals surface area (Å²) in [6.07, 6.45) is 0. The van der Waals surface area contributed by atoms with Crippen LogP contribution in [0.25, 0.3) is 11.5 Å². The first-order chi connectivity index (χ1) is 12.6. The number of rotatable bonds is 1. The van der Waals surface area contributed by atoms with Crippen LogP contribution in [0.4, 0.5) is 17.6 Å². The van der Waals surface area contributed by atoms with E-state index in [-0.39, 0.29) is 5.69 Å². The van der Waals surface area contributed by atoms with E-state index in [1.54, 1.807) is 6.92 Å². The molecule has 2 aromatic heterocycles. The topological polar surface area (TPSA) is 78.4 Å². The molecule has 144 valence electrons. The summed E-state index contributed by atoms with van der Waals surface area (Å²) in [7, 11) is 1.11. The van der Waals surface area contributed by atoms with E-state index in [1.165, 1.54) is 6.07 Å². The van der Waals surface area contributed by atoms with Gasteiger partial charge in [-0.05, 0) is 24.6 Å². The van der Waals surface area contributed by atoms with E-state index in [9.17, 15) is 31.9 Å². The fourth-order valence-electron chi connectivity index (χ4n) is 2.23. The van der Waals surface area contributed by atoms with Gasteiger partial charge in [0, 0.05) is 11.5 Å². The Morgan fingerprint density at radius 3 is 2.30 bits per heavy atom. The Labute approximate surface area is 156 Å². The maximum atomic E-state index is 14.3. The van der Waals surface area contributed by atoms with E-state index in [1.807, 2.05) is 0 Å². The average Bonchev–Trinajstić information content (AvgIpc) is 2.57. The molecule has 0 saturated heterocycles. The van der Waals surface area contributed by atoms with Crippen molar-refractivity contribution in [2.75, 3.05) is 6.93 Å². The van der Waals surface area contributed by atoms with Crippen LogP contribution in [0.3, 0.4) is 0 Å².